The maximum atomic E-state index is 3.82. The normalized spacial score (nSPS) is 19.4. The molecule has 0 spiro atoms. The van der Waals surface area contributed by atoms with Crippen molar-refractivity contribution in [1.29, 1.82) is 0 Å². The summed E-state index contributed by atoms with van der Waals surface area (Å²) in [4.78, 5) is 1.44. The molecule has 0 saturated carbocycles. The number of hydrogen-bond donors (Lipinski definition) is 1. The molecule has 0 fully saturated rings. The lowest BCUT2D eigenvalue weighted by Gasteiger charge is -2.29. The van der Waals surface area contributed by atoms with Gasteiger partial charge in [-0.3, -0.25) is 0 Å². The molecule has 1 heterocycles. The number of thioether (sulfide) groups is 1. The van der Waals surface area contributed by atoms with Crippen molar-refractivity contribution in [3.63, 3.8) is 0 Å². The van der Waals surface area contributed by atoms with E-state index in [9.17, 15) is 0 Å². The molecule has 1 aliphatic rings. The Kier molecular flexibility index (Phi) is 4.13. The van der Waals surface area contributed by atoms with Crippen molar-refractivity contribution in [3.05, 3.63) is 65.2 Å². The van der Waals surface area contributed by atoms with Crippen LogP contribution in [0.3, 0.4) is 0 Å². The topological polar surface area (TPSA) is 12.0 Å². The zero-order valence-corrected chi connectivity index (χ0v) is 12.9. The summed E-state index contributed by atoms with van der Waals surface area (Å²) < 4.78 is 0. The first-order chi connectivity index (χ1) is 9.75. The van der Waals surface area contributed by atoms with Gasteiger partial charge in [0, 0.05) is 17.0 Å². The van der Waals surface area contributed by atoms with Gasteiger partial charge in [0.25, 0.3) is 0 Å². The van der Waals surface area contributed by atoms with Crippen LogP contribution in [0, 0.1) is 6.92 Å². The lowest BCUT2D eigenvalue weighted by Crippen LogP contribution is -2.27. The largest absolute Gasteiger partial charge is 0.303 e. The first kappa shape index (κ1) is 13.7. The van der Waals surface area contributed by atoms with Gasteiger partial charge in [-0.1, -0.05) is 42.5 Å². The molecule has 2 aromatic rings. The average molecular weight is 283 g/mol. The summed E-state index contributed by atoms with van der Waals surface area (Å²) in [5, 5.41) is 3.82. The molecular weight excluding hydrogens is 262 g/mol. The van der Waals surface area contributed by atoms with E-state index >= 15 is 0 Å². The average Bonchev–Trinajstić information content (AvgIpc) is 2.48. The molecule has 1 N–H and O–H groups in total. The van der Waals surface area contributed by atoms with Crippen molar-refractivity contribution < 1.29 is 0 Å². The van der Waals surface area contributed by atoms with Crippen LogP contribution in [0.5, 0.6) is 0 Å². The minimum atomic E-state index is 0.386. The maximum Gasteiger partial charge on any atom is 0.0344 e. The number of hydrogen-bond acceptors (Lipinski definition) is 2. The van der Waals surface area contributed by atoms with Crippen molar-refractivity contribution in [2.24, 2.45) is 0 Å². The fraction of sp³-hybridized carbons (Fsp3) is 0.333. The van der Waals surface area contributed by atoms with Gasteiger partial charge in [0.05, 0.1) is 0 Å². The van der Waals surface area contributed by atoms with Crippen LogP contribution in [0.25, 0.3) is 0 Å². The monoisotopic (exact) mass is 283 g/mol. The van der Waals surface area contributed by atoms with E-state index in [1.807, 2.05) is 11.8 Å². The van der Waals surface area contributed by atoms with E-state index < -0.39 is 0 Å². The third-order valence-electron chi connectivity index (χ3n) is 4.06. The van der Waals surface area contributed by atoms with Crippen molar-refractivity contribution in [3.8, 4) is 0 Å². The molecule has 3 rings (SSSR count). The molecule has 2 atom stereocenters. The number of benzene rings is 2. The SMILES string of the molecule is Cc1ccccc1[C@H](C)NC1CCSc2ccccc21. The predicted octanol–water partition coefficient (Wildman–Crippen LogP) is 4.88. The highest BCUT2D eigenvalue weighted by Crippen LogP contribution is 2.37. The molecule has 0 aromatic heterocycles. The minimum absolute atomic E-state index is 0.386. The Labute approximate surface area is 125 Å². The van der Waals surface area contributed by atoms with Gasteiger partial charge in [0.2, 0.25) is 0 Å². The molecule has 1 aliphatic heterocycles. The van der Waals surface area contributed by atoms with Crippen LogP contribution in [-0.4, -0.2) is 5.75 Å². The molecule has 2 heteroatoms. The Morgan fingerprint density at radius 1 is 1.10 bits per heavy atom. The van der Waals surface area contributed by atoms with E-state index in [1.54, 1.807) is 0 Å². The first-order valence-corrected chi connectivity index (χ1v) is 8.27. The zero-order chi connectivity index (χ0) is 13.9. The van der Waals surface area contributed by atoms with Crippen LogP contribution in [-0.2, 0) is 0 Å². The second-order valence-corrected chi connectivity index (χ2v) is 6.61. The molecule has 2 aromatic carbocycles. The van der Waals surface area contributed by atoms with E-state index in [0.717, 1.165) is 0 Å². The third kappa shape index (κ3) is 2.77. The fourth-order valence-corrected chi connectivity index (χ4v) is 4.10. The zero-order valence-electron chi connectivity index (χ0n) is 12.1. The molecule has 20 heavy (non-hydrogen) atoms. The van der Waals surface area contributed by atoms with Crippen molar-refractivity contribution in [1.82, 2.24) is 5.32 Å². The Hall–Kier alpha value is -1.25. The quantitative estimate of drug-likeness (QED) is 0.861. The Balaban J connectivity index is 1.81. The number of nitrogens with one attached hydrogen (secondary N) is 1. The van der Waals surface area contributed by atoms with Crippen LogP contribution in [0.1, 0.15) is 42.1 Å². The highest BCUT2D eigenvalue weighted by Gasteiger charge is 2.22. The Morgan fingerprint density at radius 2 is 1.85 bits per heavy atom. The smallest absolute Gasteiger partial charge is 0.0344 e. The first-order valence-electron chi connectivity index (χ1n) is 7.29. The molecule has 1 unspecified atom stereocenters. The summed E-state index contributed by atoms with van der Waals surface area (Å²) in [6.45, 7) is 4.46. The van der Waals surface area contributed by atoms with Crippen LogP contribution in [0.15, 0.2) is 53.4 Å². The van der Waals surface area contributed by atoms with Crippen LogP contribution >= 0.6 is 11.8 Å². The minimum Gasteiger partial charge on any atom is -0.303 e. The summed E-state index contributed by atoms with van der Waals surface area (Å²) in [5.41, 5.74) is 4.23. The van der Waals surface area contributed by atoms with Gasteiger partial charge >= 0.3 is 0 Å². The molecule has 0 amide bonds. The van der Waals surface area contributed by atoms with E-state index in [-0.39, 0.29) is 0 Å². The van der Waals surface area contributed by atoms with Crippen molar-refractivity contribution in [2.75, 3.05) is 5.75 Å². The highest BCUT2D eigenvalue weighted by atomic mass is 32.2. The van der Waals surface area contributed by atoms with Gasteiger partial charge in [0.1, 0.15) is 0 Å². The standard InChI is InChI=1S/C18H21NS/c1-13-7-3-4-8-15(13)14(2)19-17-11-12-20-18-10-6-5-9-16(17)18/h3-10,14,17,19H,11-12H2,1-2H3/t14-,17?/m0/s1. The second-order valence-electron chi connectivity index (χ2n) is 5.47. The second kappa shape index (κ2) is 6.02. The number of rotatable bonds is 3. The van der Waals surface area contributed by atoms with E-state index in [4.69, 9.17) is 0 Å². The van der Waals surface area contributed by atoms with Gasteiger partial charge in [0.15, 0.2) is 0 Å². The number of fused-ring (bicyclic) bond motifs is 1. The van der Waals surface area contributed by atoms with Gasteiger partial charge in [-0.05, 0) is 48.8 Å². The van der Waals surface area contributed by atoms with Gasteiger partial charge in [-0.15, -0.1) is 11.8 Å². The van der Waals surface area contributed by atoms with Crippen LogP contribution in [0.2, 0.25) is 0 Å². The molecule has 0 aliphatic carbocycles. The molecule has 104 valence electrons. The lowest BCUT2D eigenvalue weighted by molar-refractivity contribution is 0.449. The van der Waals surface area contributed by atoms with Crippen LogP contribution in [0.4, 0.5) is 0 Å². The maximum absolute atomic E-state index is 3.82. The predicted molar refractivity (Wildman–Crippen MR) is 87.3 cm³/mol. The summed E-state index contributed by atoms with van der Waals surface area (Å²) in [5.74, 6) is 1.20. The van der Waals surface area contributed by atoms with Crippen molar-refractivity contribution in [2.45, 2.75) is 37.2 Å². The van der Waals surface area contributed by atoms with E-state index in [0.29, 0.717) is 12.1 Å². The number of aryl methyl sites for hydroxylation is 1. The summed E-state index contributed by atoms with van der Waals surface area (Å²) >= 11 is 1.98. The molecule has 0 radical (unpaired) electrons. The van der Waals surface area contributed by atoms with Crippen LogP contribution < -0.4 is 5.32 Å². The highest BCUT2D eigenvalue weighted by molar-refractivity contribution is 7.99. The summed E-state index contributed by atoms with van der Waals surface area (Å²) in [7, 11) is 0. The third-order valence-corrected chi connectivity index (χ3v) is 5.19. The van der Waals surface area contributed by atoms with Crippen molar-refractivity contribution >= 4 is 11.8 Å². The van der Waals surface area contributed by atoms with E-state index in [1.165, 1.54) is 33.8 Å². The molecule has 1 nitrogen and oxygen atoms in total. The van der Waals surface area contributed by atoms with Gasteiger partial charge in [-0.2, -0.15) is 0 Å². The molecule has 0 saturated heterocycles. The summed E-state index contributed by atoms with van der Waals surface area (Å²) in [6.07, 6.45) is 1.21. The van der Waals surface area contributed by atoms with Gasteiger partial charge in [-0.25, -0.2) is 0 Å². The fourth-order valence-electron chi connectivity index (χ4n) is 2.98. The molecular formula is C18H21NS. The van der Waals surface area contributed by atoms with E-state index in [2.05, 4.69) is 67.7 Å². The lowest BCUT2D eigenvalue weighted by atomic mass is 9.98. The molecule has 0 bridgehead atoms. The Morgan fingerprint density at radius 3 is 2.70 bits per heavy atom. The summed E-state index contributed by atoms with van der Waals surface area (Å²) in [6, 6.07) is 18.3. The van der Waals surface area contributed by atoms with Gasteiger partial charge < -0.3 is 5.32 Å². The Bertz CT molecular complexity index is 593.